The normalized spacial score (nSPS) is 11.0. The lowest BCUT2D eigenvalue weighted by atomic mass is 10.1. The van der Waals surface area contributed by atoms with Crippen LogP contribution in [0.2, 0.25) is 5.15 Å². The summed E-state index contributed by atoms with van der Waals surface area (Å²) in [5, 5.41) is 1.72. The van der Waals surface area contributed by atoms with Gasteiger partial charge in [0, 0.05) is 23.3 Å². The van der Waals surface area contributed by atoms with E-state index in [0.717, 1.165) is 16.5 Å². The fourth-order valence-electron chi connectivity index (χ4n) is 2.13. The van der Waals surface area contributed by atoms with Crippen molar-refractivity contribution in [3.8, 4) is 0 Å². The number of hydrogen-bond donors (Lipinski definition) is 0. The first-order valence-electron chi connectivity index (χ1n) is 5.75. The number of aryl methyl sites for hydroxylation is 1. The molecule has 0 atom stereocenters. The third kappa shape index (κ3) is 1.87. The van der Waals surface area contributed by atoms with Gasteiger partial charge in [-0.25, -0.2) is 9.97 Å². The van der Waals surface area contributed by atoms with Crippen molar-refractivity contribution < 1.29 is 0 Å². The molecule has 1 aromatic carbocycles. The molecule has 0 radical (unpaired) electrons. The second-order valence-electron chi connectivity index (χ2n) is 4.26. The highest BCUT2D eigenvalue weighted by molar-refractivity contribution is 6.30. The van der Waals surface area contributed by atoms with Crippen LogP contribution in [0.25, 0.3) is 10.9 Å². The average molecular weight is 258 g/mol. The Balaban J connectivity index is 2.16. The number of para-hydroxylation sites is 1. The first-order valence-corrected chi connectivity index (χ1v) is 6.13. The first kappa shape index (κ1) is 11.2. The topological polar surface area (TPSA) is 30.7 Å². The molecule has 3 aromatic rings. The van der Waals surface area contributed by atoms with Crippen LogP contribution >= 0.6 is 11.6 Å². The highest BCUT2D eigenvalue weighted by Crippen LogP contribution is 2.26. The molecule has 0 saturated carbocycles. The largest absolute Gasteiger partial charge is 0.333 e. The minimum atomic E-state index is 0.569. The summed E-state index contributed by atoms with van der Waals surface area (Å²) in [6.07, 6.45) is 5.47. The van der Waals surface area contributed by atoms with Crippen LogP contribution in [0.1, 0.15) is 11.1 Å². The molecule has 0 N–H and O–H groups in total. The van der Waals surface area contributed by atoms with Gasteiger partial charge in [-0.05, 0) is 18.6 Å². The van der Waals surface area contributed by atoms with Crippen LogP contribution in [-0.2, 0) is 6.54 Å². The zero-order chi connectivity index (χ0) is 12.5. The number of aromatic nitrogens is 3. The van der Waals surface area contributed by atoms with Crippen LogP contribution in [0, 0.1) is 6.92 Å². The van der Waals surface area contributed by atoms with E-state index >= 15 is 0 Å². The number of fused-ring (bicyclic) bond motifs is 1. The molecule has 0 spiro atoms. The Morgan fingerprint density at radius 2 is 2.11 bits per heavy atom. The fourth-order valence-corrected chi connectivity index (χ4v) is 2.42. The van der Waals surface area contributed by atoms with E-state index in [-0.39, 0.29) is 0 Å². The van der Waals surface area contributed by atoms with Gasteiger partial charge in [0.15, 0.2) is 0 Å². The summed E-state index contributed by atoms with van der Waals surface area (Å²) in [4.78, 5) is 8.49. The second kappa shape index (κ2) is 4.42. The SMILES string of the molecule is Cc1c(Cn2ccnc2)c(Cl)nc2ccccc12. The third-order valence-electron chi connectivity index (χ3n) is 3.13. The smallest absolute Gasteiger partial charge is 0.135 e. The monoisotopic (exact) mass is 257 g/mol. The third-order valence-corrected chi connectivity index (χ3v) is 3.44. The zero-order valence-electron chi connectivity index (χ0n) is 9.97. The number of imidazole rings is 1. The second-order valence-corrected chi connectivity index (χ2v) is 4.62. The van der Waals surface area contributed by atoms with Gasteiger partial charge in [-0.1, -0.05) is 29.8 Å². The molecule has 0 amide bonds. The molecule has 4 heteroatoms. The van der Waals surface area contributed by atoms with E-state index in [1.54, 1.807) is 12.5 Å². The van der Waals surface area contributed by atoms with Crippen molar-refractivity contribution in [1.29, 1.82) is 0 Å². The van der Waals surface area contributed by atoms with E-state index < -0.39 is 0 Å². The molecule has 3 nitrogen and oxygen atoms in total. The molecule has 0 unspecified atom stereocenters. The summed E-state index contributed by atoms with van der Waals surface area (Å²) >= 11 is 6.28. The molecule has 2 aromatic heterocycles. The van der Waals surface area contributed by atoms with E-state index in [0.29, 0.717) is 11.7 Å². The predicted octanol–water partition coefficient (Wildman–Crippen LogP) is 3.44. The van der Waals surface area contributed by atoms with Crippen molar-refractivity contribution in [2.75, 3.05) is 0 Å². The number of halogens is 1. The van der Waals surface area contributed by atoms with Crippen LogP contribution in [0.3, 0.4) is 0 Å². The summed E-state index contributed by atoms with van der Waals surface area (Å²) in [5.74, 6) is 0. The van der Waals surface area contributed by atoms with Gasteiger partial charge < -0.3 is 4.57 Å². The maximum atomic E-state index is 6.28. The predicted molar refractivity (Wildman–Crippen MR) is 72.8 cm³/mol. The van der Waals surface area contributed by atoms with Gasteiger partial charge in [-0.2, -0.15) is 0 Å². The Hall–Kier alpha value is -1.87. The summed E-state index contributed by atoms with van der Waals surface area (Å²) in [6, 6.07) is 8.05. The van der Waals surface area contributed by atoms with Crippen molar-refractivity contribution in [3.05, 3.63) is 59.3 Å². The standard InChI is InChI=1S/C14H12ClN3/c1-10-11-4-2-3-5-13(11)17-14(15)12(10)8-18-7-6-16-9-18/h2-7,9H,8H2,1H3. The molecular weight excluding hydrogens is 246 g/mol. The molecule has 2 heterocycles. The van der Waals surface area contributed by atoms with Crippen LogP contribution in [0.15, 0.2) is 43.0 Å². The first-order chi connectivity index (χ1) is 8.75. The average Bonchev–Trinajstić information content (AvgIpc) is 2.87. The molecule has 0 aliphatic rings. The minimum absolute atomic E-state index is 0.569. The Bertz CT molecular complexity index is 690. The lowest BCUT2D eigenvalue weighted by molar-refractivity contribution is 0.790. The molecule has 18 heavy (non-hydrogen) atoms. The summed E-state index contributed by atoms with van der Waals surface area (Å²) in [5.41, 5.74) is 3.17. The molecule has 0 bridgehead atoms. The number of benzene rings is 1. The van der Waals surface area contributed by atoms with Gasteiger partial charge in [-0.15, -0.1) is 0 Å². The van der Waals surface area contributed by atoms with Crippen molar-refractivity contribution >= 4 is 22.5 Å². The molecule has 90 valence electrons. The van der Waals surface area contributed by atoms with Gasteiger partial charge in [0.2, 0.25) is 0 Å². The molecular formula is C14H12ClN3. The van der Waals surface area contributed by atoms with Crippen LogP contribution < -0.4 is 0 Å². The summed E-state index contributed by atoms with van der Waals surface area (Å²) < 4.78 is 1.99. The van der Waals surface area contributed by atoms with Crippen molar-refractivity contribution in [2.45, 2.75) is 13.5 Å². The van der Waals surface area contributed by atoms with E-state index in [2.05, 4.69) is 23.0 Å². The number of nitrogens with zero attached hydrogens (tertiary/aromatic N) is 3. The van der Waals surface area contributed by atoms with Crippen LogP contribution in [0.4, 0.5) is 0 Å². The minimum Gasteiger partial charge on any atom is -0.333 e. The zero-order valence-corrected chi connectivity index (χ0v) is 10.7. The lowest BCUT2D eigenvalue weighted by Crippen LogP contribution is -2.02. The van der Waals surface area contributed by atoms with Crippen molar-refractivity contribution in [2.24, 2.45) is 0 Å². The maximum Gasteiger partial charge on any atom is 0.135 e. The van der Waals surface area contributed by atoms with Gasteiger partial charge >= 0.3 is 0 Å². The molecule has 0 saturated heterocycles. The Kier molecular flexibility index (Phi) is 2.76. The van der Waals surface area contributed by atoms with Gasteiger partial charge in [-0.3, -0.25) is 0 Å². The maximum absolute atomic E-state index is 6.28. The molecule has 0 aliphatic carbocycles. The highest BCUT2D eigenvalue weighted by Gasteiger charge is 2.10. The van der Waals surface area contributed by atoms with Gasteiger partial charge in [0.1, 0.15) is 5.15 Å². The van der Waals surface area contributed by atoms with Gasteiger partial charge in [0.05, 0.1) is 18.4 Å². The van der Waals surface area contributed by atoms with Crippen molar-refractivity contribution in [3.63, 3.8) is 0 Å². The Morgan fingerprint density at radius 1 is 1.28 bits per heavy atom. The number of pyridine rings is 1. The van der Waals surface area contributed by atoms with E-state index in [1.165, 1.54) is 5.56 Å². The molecule has 0 aliphatic heterocycles. The lowest BCUT2D eigenvalue weighted by Gasteiger charge is -2.11. The Morgan fingerprint density at radius 3 is 2.89 bits per heavy atom. The number of rotatable bonds is 2. The van der Waals surface area contributed by atoms with Gasteiger partial charge in [0.25, 0.3) is 0 Å². The van der Waals surface area contributed by atoms with Crippen LogP contribution in [0.5, 0.6) is 0 Å². The number of hydrogen-bond acceptors (Lipinski definition) is 2. The molecule has 3 rings (SSSR count). The van der Waals surface area contributed by atoms with Crippen molar-refractivity contribution in [1.82, 2.24) is 14.5 Å². The van der Waals surface area contributed by atoms with E-state index in [1.807, 2.05) is 29.0 Å². The highest BCUT2D eigenvalue weighted by atomic mass is 35.5. The summed E-state index contributed by atoms with van der Waals surface area (Å²) in [6.45, 7) is 2.78. The fraction of sp³-hybridized carbons (Fsp3) is 0.143. The Labute approximate surface area is 110 Å². The van der Waals surface area contributed by atoms with Crippen LogP contribution in [-0.4, -0.2) is 14.5 Å². The summed E-state index contributed by atoms with van der Waals surface area (Å²) in [7, 11) is 0. The van der Waals surface area contributed by atoms with E-state index in [4.69, 9.17) is 11.6 Å². The molecule has 0 fully saturated rings. The van der Waals surface area contributed by atoms with E-state index in [9.17, 15) is 0 Å². The quantitative estimate of drug-likeness (QED) is 0.659.